The Hall–Kier alpha value is -4.30. The Kier molecular flexibility index (Phi) is 6.36. The Morgan fingerprint density at radius 3 is 2.37 bits per heavy atom. The van der Waals surface area contributed by atoms with E-state index in [0.717, 1.165) is 11.1 Å². The summed E-state index contributed by atoms with van der Waals surface area (Å²) < 4.78 is 5.50. The predicted octanol–water partition coefficient (Wildman–Crippen LogP) is 4.41. The average molecular weight is 469 g/mol. The van der Waals surface area contributed by atoms with Crippen LogP contribution in [0.4, 0.5) is 0 Å². The zero-order chi connectivity index (χ0) is 24.2. The lowest BCUT2D eigenvalue weighted by Crippen LogP contribution is -2.31. The molecule has 1 aromatic heterocycles. The highest BCUT2D eigenvalue weighted by atomic mass is 16.6. The maximum Gasteiger partial charge on any atom is 0.254 e. The number of amides is 1. The van der Waals surface area contributed by atoms with Crippen molar-refractivity contribution in [3.63, 3.8) is 0 Å². The summed E-state index contributed by atoms with van der Waals surface area (Å²) in [6.07, 6.45) is -0.637. The van der Waals surface area contributed by atoms with Gasteiger partial charge in [0, 0.05) is 12.0 Å². The summed E-state index contributed by atoms with van der Waals surface area (Å²) in [5.41, 5.74) is 3.99. The van der Waals surface area contributed by atoms with Crippen LogP contribution in [-0.4, -0.2) is 45.4 Å². The van der Waals surface area contributed by atoms with E-state index in [1.165, 1.54) is 7.11 Å². The molecular weight excluding hydrogens is 444 g/mol. The van der Waals surface area contributed by atoms with E-state index in [-0.39, 0.29) is 24.2 Å². The summed E-state index contributed by atoms with van der Waals surface area (Å²) in [5, 5.41) is 18.7. The molecule has 0 bridgehead atoms. The number of carbonyl (C=O) groups is 1. The summed E-state index contributed by atoms with van der Waals surface area (Å²) in [4.78, 5) is 24.5. The van der Waals surface area contributed by atoms with Crippen LogP contribution in [0, 0.1) is 0 Å². The van der Waals surface area contributed by atoms with E-state index >= 15 is 0 Å². The van der Waals surface area contributed by atoms with Crippen molar-refractivity contribution in [2.45, 2.75) is 18.6 Å². The second-order valence-corrected chi connectivity index (χ2v) is 8.24. The molecule has 8 heteroatoms. The molecule has 8 nitrogen and oxygen atoms in total. The molecule has 4 aromatic rings. The van der Waals surface area contributed by atoms with Gasteiger partial charge in [-0.25, -0.2) is 0 Å². The zero-order valence-electron chi connectivity index (χ0n) is 19.1. The second-order valence-electron chi connectivity index (χ2n) is 8.24. The fraction of sp³-hybridized carbons (Fsp3) is 0.185. The molecule has 1 N–H and O–H groups in total. The molecule has 3 aromatic carbocycles. The Morgan fingerprint density at radius 2 is 1.69 bits per heavy atom. The summed E-state index contributed by atoms with van der Waals surface area (Å²) >= 11 is 0. The Labute approximate surface area is 202 Å². The van der Waals surface area contributed by atoms with Crippen LogP contribution >= 0.6 is 0 Å². The summed E-state index contributed by atoms with van der Waals surface area (Å²) in [5.74, 6) is 0.202. The fourth-order valence-corrected chi connectivity index (χ4v) is 4.21. The highest BCUT2D eigenvalue weighted by Crippen LogP contribution is 2.33. The summed E-state index contributed by atoms with van der Waals surface area (Å²) in [6.45, 7) is 0.275. The van der Waals surface area contributed by atoms with Crippen LogP contribution in [0.1, 0.15) is 46.2 Å². The smallest absolute Gasteiger partial charge is 0.254 e. The Bertz CT molecular complexity index is 1320. The fourth-order valence-electron chi connectivity index (χ4n) is 4.21. The molecule has 0 radical (unpaired) electrons. The van der Waals surface area contributed by atoms with Gasteiger partial charge in [-0.2, -0.15) is 4.98 Å². The minimum absolute atomic E-state index is 0.142. The third kappa shape index (κ3) is 4.69. The van der Waals surface area contributed by atoms with E-state index in [2.05, 4.69) is 15.3 Å². The minimum atomic E-state index is -1.03. The molecule has 1 fully saturated rings. The molecule has 1 aliphatic heterocycles. The Balaban J connectivity index is 1.40. The van der Waals surface area contributed by atoms with Crippen molar-refractivity contribution in [2.24, 2.45) is 5.16 Å². The molecular formula is C27H24N4O4. The van der Waals surface area contributed by atoms with E-state index in [1.54, 1.807) is 17.0 Å². The van der Waals surface area contributed by atoms with Crippen LogP contribution in [0.25, 0.3) is 11.1 Å². The molecule has 5 rings (SSSR count). The van der Waals surface area contributed by atoms with E-state index in [0.29, 0.717) is 23.3 Å². The normalized spacial score (nSPS) is 17.5. The summed E-state index contributed by atoms with van der Waals surface area (Å²) in [6, 6.07) is 26.0. The Morgan fingerprint density at radius 1 is 1.03 bits per heavy atom. The maximum absolute atomic E-state index is 13.5. The van der Waals surface area contributed by atoms with Gasteiger partial charge in [-0.3, -0.25) is 4.79 Å². The number of aliphatic hydroxyl groups is 1. The number of benzene rings is 3. The van der Waals surface area contributed by atoms with Crippen LogP contribution < -0.4 is 0 Å². The largest absolute Gasteiger partial charge is 0.399 e. The van der Waals surface area contributed by atoms with E-state index in [1.807, 2.05) is 72.8 Å². The van der Waals surface area contributed by atoms with Crippen molar-refractivity contribution in [3.05, 3.63) is 108 Å². The van der Waals surface area contributed by atoms with Crippen LogP contribution in [0.15, 0.2) is 94.6 Å². The van der Waals surface area contributed by atoms with Gasteiger partial charge in [0.15, 0.2) is 0 Å². The number of rotatable bonds is 6. The first-order chi connectivity index (χ1) is 17.1. The number of nitrogens with zero attached hydrogens (tertiary/aromatic N) is 4. The molecule has 0 spiro atoms. The van der Waals surface area contributed by atoms with Crippen molar-refractivity contribution >= 4 is 11.6 Å². The van der Waals surface area contributed by atoms with E-state index in [4.69, 9.17) is 9.36 Å². The van der Waals surface area contributed by atoms with Gasteiger partial charge in [-0.1, -0.05) is 83.1 Å². The second kappa shape index (κ2) is 9.90. The molecule has 1 unspecified atom stereocenters. The van der Waals surface area contributed by atoms with Crippen molar-refractivity contribution in [1.29, 1.82) is 0 Å². The average Bonchev–Trinajstić information content (AvgIpc) is 3.57. The zero-order valence-corrected chi connectivity index (χ0v) is 19.1. The van der Waals surface area contributed by atoms with Gasteiger partial charge in [0.05, 0.1) is 12.3 Å². The van der Waals surface area contributed by atoms with Crippen LogP contribution in [-0.2, 0) is 4.84 Å². The van der Waals surface area contributed by atoms with Crippen LogP contribution in [0.2, 0.25) is 0 Å². The van der Waals surface area contributed by atoms with Gasteiger partial charge in [0.25, 0.3) is 5.91 Å². The minimum Gasteiger partial charge on any atom is -0.399 e. The maximum atomic E-state index is 13.5. The van der Waals surface area contributed by atoms with Crippen LogP contribution in [0.5, 0.6) is 0 Å². The van der Waals surface area contributed by atoms with Gasteiger partial charge >= 0.3 is 0 Å². The van der Waals surface area contributed by atoms with Gasteiger partial charge < -0.3 is 19.4 Å². The first-order valence-corrected chi connectivity index (χ1v) is 11.3. The molecule has 0 saturated carbocycles. The number of aromatic nitrogens is 2. The first-order valence-electron chi connectivity index (χ1n) is 11.3. The molecule has 2 atom stereocenters. The lowest BCUT2D eigenvalue weighted by Gasteiger charge is -2.21. The number of carbonyl (C=O) groups excluding carboxylic acids is 1. The first kappa shape index (κ1) is 22.5. The van der Waals surface area contributed by atoms with Gasteiger partial charge in [0.1, 0.15) is 19.3 Å². The number of aliphatic hydroxyl groups excluding tert-OH is 1. The SMILES string of the molecule is CON=C1C[C@@H](c2nc(C(O)c3ccccc3)no2)N(C(=O)c2ccc(-c3ccccc3)cc2)C1. The number of likely N-dealkylation sites (tertiary alicyclic amines) is 1. The van der Waals surface area contributed by atoms with Gasteiger partial charge in [-0.05, 0) is 28.8 Å². The number of hydrogen-bond acceptors (Lipinski definition) is 7. The lowest BCUT2D eigenvalue weighted by atomic mass is 10.0. The van der Waals surface area contributed by atoms with Crippen molar-refractivity contribution in [1.82, 2.24) is 15.0 Å². The lowest BCUT2D eigenvalue weighted by molar-refractivity contribution is 0.0713. The van der Waals surface area contributed by atoms with Crippen LogP contribution in [0.3, 0.4) is 0 Å². The monoisotopic (exact) mass is 468 g/mol. The molecule has 2 heterocycles. The highest BCUT2D eigenvalue weighted by Gasteiger charge is 2.39. The van der Waals surface area contributed by atoms with E-state index in [9.17, 15) is 9.90 Å². The topological polar surface area (TPSA) is 101 Å². The highest BCUT2D eigenvalue weighted by molar-refractivity contribution is 6.00. The third-order valence-electron chi connectivity index (χ3n) is 5.98. The molecule has 1 saturated heterocycles. The number of hydrogen-bond donors (Lipinski definition) is 1. The summed E-state index contributed by atoms with van der Waals surface area (Å²) in [7, 11) is 1.47. The molecule has 176 valence electrons. The van der Waals surface area contributed by atoms with Crippen molar-refractivity contribution in [3.8, 4) is 11.1 Å². The molecule has 0 aliphatic carbocycles. The third-order valence-corrected chi connectivity index (χ3v) is 5.98. The van der Waals surface area contributed by atoms with Crippen molar-refractivity contribution in [2.75, 3.05) is 13.7 Å². The number of oxime groups is 1. The van der Waals surface area contributed by atoms with Gasteiger partial charge in [0.2, 0.25) is 11.7 Å². The van der Waals surface area contributed by atoms with E-state index < -0.39 is 12.1 Å². The molecule has 1 amide bonds. The quantitative estimate of drug-likeness (QED) is 0.421. The molecule has 1 aliphatic rings. The predicted molar refractivity (Wildman–Crippen MR) is 130 cm³/mol. The standard InChI is InChI=1S/C27H24N4O4/c1-34-29-22-16-23(26-28-25(30-35-26)24(32)20-10-6-3-7-11-20)31(17-22)27(33)21-14-12-19(13-15-21)18-8-4-2-5-9-18/h2-15,23-24,32H,16-17H2,1H3/t23-,24?/m0/s1. The van der Waals surface area contributed by atoms with Gasteiger partial charge in [-0.15, -0.1) is 0 Å². The van der Waals surface area contributed by atoms with Crippen molar-refractivity contribution < 1.29 is 19.3 Å². The molecule has 35 heavy (non-hydrogen) atoms.